The van der Waals surface area contributed by atoms with E-state index in [1.807, 2.05) is 0 Å². The molecule has 9 nitrogen and oxygen atoms in total. The quantitative estimate of drug-likeness (QED) is 0.551. The van der Waals surface area contributed by atoms with Crippen LogP contribution in [0.1, 0.15) is 13.3 Å². The fourth-order valence-electron chi connectivity index (χ4n) is 1.82. The van der Waals surface area contributed by atoms with Gasteiger partial charge in [-0.05, 0) is 6.92 Å². The number of rotatable bonds is 6. The molecular formula is C10H16N2O7S. The SMILES string of the molecule is CCOC(=O)CS(=O)(=O)N1CCNC(=O)C1CC(=O)O. The lowest BCUT2D eigenvalue weighted by molar-refractivity contribution is -0.141. The molecule has 114 valence electrons. The van der Waals surface area contributed by atoms with Gasteiger partial charge in [-0.2, -0.15) is 4.31 Å². The number of ether oxygens (including phenoxy) is 1. The van der Waals surface area contributed by atoms with Crippen LogP contribution in [0.15, 0.2) is 0 Å². The third kappa shape index (κ3) is 4.17. The molecule has 0 aromatic rings. The number of piperazine rings is 1. The second-order valence-corrected chi connectivity index (χ2v) is 6.00. The number of hydrogen-bond acceptors (Lipinski definition) is 6. The van der Waals surface area contributed by atoms with Crippen molar-refractivity contribution in [3.05, 3.63) is 0 Å². The van der Waals surface area contributed by atoms with E-state index >= 15 is 0 Å². The van der Waals surface area contributed by atoms with Crippen LogP contribution >= 0.6 is 0 Å². The average Bonchev–Trinajstić information content (AvgIpc) is 2.30. The minimum Gasteiger partial charge on any atom is -0.481 e. The lowest BCUT2D eigenvalue weighted by atomic mass is 10.1. The molecule has 0 aromatic heterocycles. The van der Waals surface area contributed by atoms with Gasteiger partial charge in [0.25, 0.3) is 0 Å². The minimum atomic E-state index is -4.10. The van der Waals surface area contributed by atoms with Crippen LogP contribution in [0, 0.1) is 0 Å². The van der Waals surface area contributed by atoms with Crippen molar-refractivity contribution >= 4 is 27.9 Å². The zero-order valence-electron chi connectivity index (χ0n) is 10.9. The molecule has 2 N–H and O–H groups in total. The van der Waals surface area contributed by atoms with Gasteiger partial charge in [0.05, 0.1) is 13.0 Å². The molecule has 0 saturated carbocycles. The van der Waals surface area contributed by atoms with Gasteiger partial charge in [-0.25, -0.2) is 8.42 Å². The van der Waals surface area contributed by atoms with Crippen LogP contribution in [-0.2, 0) is 29.1 Å². The van der Waals surface area contributed by atoms with Crippen LogP contribution in [0.25, 0.3) is 0 Å². The molecule has 1 fully saturated rings. The summed E-state index contributed by atoms with van der Waals surface area (Å²) in [6, 6.07) is -1.35. The Kier molecular flexibility index (Phi) is 5.45. The van der Waals surface area contributed by atoms with E-state index < -0.39 is 46.1 Å². The molecule has 10 heteroatoms. The van der Waals surface area contributed by atoms with E-state index in [0.29, 0.717) is 0 Å². The molecule has 1 unspecified atom stereocenters. The van der Waals surface area contributed by atoms with Crippen molar-refractivity contribution in [3.8, 4) is 0 Å². The van der Waals surface area contributed by atoms with Crippen LogP contribution in [0.2, 0.25) is 0 Å². The maximum absolute atomic E-state index is 12.1. The van der Waals surface area contributed by atoms with E-state index in [9.17, 15) is 22.8 Å². The Morgan fingerprint density at radius 2 is 2.15 bits per heavy atom. The van der Waals surface area contributed by atoms with Crippen molar-refractivity contribution in [1.29, 1.82) is 0 Å². The molecule has 1 heterocycles. The fourth-order valence-corrected chi connectivity index (χ4v) is 3.30. The number of hydrogen-bond donors (Lipinski definition) is 2. The number of nitrogens with zero attached hydrogens (tertiary/aromatic N) is 1. The van der Waals surface area contributed by atoms with Crippen LogP contribution < -0.4 is 5.32 Å². The van der Waals surface area contributed by atoms with Gasteiger partial charge in [0.2, 0.25) is 15.9 Å². The van der Waals surface area contributed by atoms with Crippen LogP contribution in [0.3, 0.4) is 0 Å². The maximum Gasteiger partial charge on any atom is 0.322 e. The van der Waals surface area contributed by atoms with Crippen molar-refractivity contribution in [2.75, 3.05) is 25.4 Å². The summed E-state index contributed by atoms with van der Waals surface area (Å²) in [7, 11) is -4.10. The first-order chi connectivity index (χ1) is 9.27. The molecule has 0 aliphatic carbocycles. The predicted octanol–water partition coefficient (Wildman–Crippen LogP) is -1.85. The Hall–Kier alpha value is -1.68. The minimum absolute atomic E-state index is 0.0351. The zero-order valence-corrected chi connectivity index (χ0v) is 11.7. The predicted molar refractivity (Wildman–Crippen MR) is 66.2 cm³/mol. The summed E-state index contributed by atoms with van der Waals surface area (Å²) < 4.78 is 29.4. The van der Waals surface area contributed by atoms with E-state index in [4.69, 9.17) is 5.11 Å². The number of sulfonamides is 1. The first kappa shape index (κ1) is 16.4. The Bertz CT molecular complexity index is 502. The van der Waals surface area contributed by atoms with Gasteiger partial charge in [-0.15, -0.1) is 0 Å². The molecule has 0 spiro atoms. The van der Waals surface area contributed by atoms with Crippen molar-refractivity contribution in [3.63, 3.8) is 0 Å². The number of amides is 1. The number of aliphatic carboxylic acids is 1. The van der Waals surface area contributed by atoms with E-state index in [-0.39, 0.29) is 19.7 Å². The Morgan fingerprint density at radius 1 is 1.50 bits per heavy atom. The Morgan fingerprint density at radius 3 is 2.70 bits per heavy atom. The van der Waals surface area contributed by atoms with Gasteiger partial charge in [0, 0.05) is 13.1 Å². The van der Waals surface area contributed by atoms with E-state index in [2.05, 4.69) is 10.1 Å². The van der Waals surface area contributed by atoms with Crippen molar-refractivity contribution < 1.29 is 32.6 Å². The average molecular weight is 308 g/mol. The highest BCUT2D eigenvalue weighted by molar-refractivity contribution is 7.89. The highest BCUT2D eigenvalue weighted by Gasteiger charge is 2.39. The lowest BCUT2D eigenvalue weighted by Gasteiger charge is -2.32. The monoisotopic (exact) mass is 308 g/mol. The second-order valence-electron chi connectivity index (χ2n) is 4.08. The van der Waals surface area contributed by atoms with Gasteiger partial charge >= 0.3 is 11.9 Å². The zero-order chi connectivity index (χ0) is 15.3. The molecule has 1 saturated heterocycles. The van der Waals surface area contributed by atoms with Crippen molar-refractivity contribution in [2.24, 2.45) is 0 Å². The molecule has 1 amide bonds. The third-order valence-electron chi connectivity index (χ3n) is 2.61. The largest absolute Gasteiger partial charge is 0.481 e. The molecular weight excluding hydrogens is 292 g/mol. The maximum atomic E-state index is 12.1. The summed E-state index contributed by atoms with van der Waals surface area (Å²) in [6.07, 6.45) is -0.659. The third-order valence-corrected chi connectivity index (χ3v) is 4.36. The summed E-state index contributed by atoms with van der Waals surface area (Å²) >= 11 is 0. The molecule has 20 heavy (non-hydrogen) atoms. The lowest BCUT2D eigenvalue weighted by Crippen LogP contribution is -2.58. The summed E-state index contributed by atoms with van der Waals surface area (Å²) in [6.45, 7) is 1.56. The van der Waals surface area contributed by atoms with Crippen LogP contribution in [0.4, 0.5) is 0 Å². The first-order valence-corrected chi connectivity index (χ1v) is 7.53. The van der Waals surface area contributed by atoms with Gasteiger partial charge in [0.1, 0.15) is 6.04 Å². The normalized spacial score (nSPS) is 20.2. The molecule has 1 atom stereocenters. The molecule has 1 aliphatic heterocycles. The van der Waals surface area contributed by atoms with Gasteiger partial charge < -0.3 is 15.2 Å². The van der Waals surface area contributed by atoms with E-state index in [1.165, 1.54) is 6.92 Å². The molecule has 0 radical (unpaired) electrons. The number of carbonyl (C=O) groups excluding carboxylic acids is 2. The van der Waals surface area contributed by atoms with Crippen molar-refractivity contribution in [2.45, 2.75) is 19.4 Å². The van der Waals surface area contributed by atoms with E-state index in [0.717, 1.165) is 4.31 Å². The summed E-state index contributed by atoms with van der Waals surface area (Å²) in [5, 5.41) is 11.1. The molecule has 1 aliphatic rings. The Balaban J connectivity index is 2.91. The number of carbonyl (C=O) groups is 3. The summed E-state index contributed by atoms with van der Waals surface area (Å²) in [5.74, 6) is -3.84. The molecule has 0 aromatic carbocycles. The summed E-state index contributed by atoms with van der Waals surface area (Å²) in [5.41, 5.74) is 0. The fraction of sp³-hybridized carbons (Fsp3) is 0.700. The number of carboxylic acid groups (broad SMARTS) is 1. The van der Waals surface area contributed by atoms with E-state index in [1.54, 1.807) is 0 Å². The summed E-state index contributed by atoms with van der Waals surface area (Å²) in [4.78, 5) is 33.6. The van der Waals surface area contributed by atoms with Crippen molar-refractivity contribution in [1.82, 2.24) is 9.62 Å². The van der Waals surface area contributed by atoms with Crippen LogP contribution in [-0.4, -0.2) is 67.2 Å². The number of carboxylic acids is 1. The highest BCUT2D eigenvalue weighted by Crippen LogP contribution is 2.15. The standard InChI is InChI=1S/C10H16N2O7S/c1-2-19-9(15)6-20(17,18)12-4-3-11-10(16)7(12)5-8(13)14/h7H,2-6H2,1H3,(H,11,16)(H,13,14). The first-order valence-electron chi connectivity index (χ1n) is 5.92. The molecule has 1 rings (SSSR count). The van der Waals surface area contributed by atoms with Gasteiger partial charge in [-0.3, -0.25) is 14.4 Å². The highest BCUT2D eigenvalue weighted by atomic mass is 32.2. The number of esters is 1. The topological polar surface area (TPSA) is 130 Å². The molecule has 0 bridgehead atoms. The van der Waals surface area contributed by atoms with Gasteiger partial charge in [0.15, 0.2) is 5.75 Å². The second kappa shape index (κ2) is 6.66. The Labute approximate surface area is 115 Å². The smallest absolute Gasteiger partial charge is 0.322 e. The van der Waals surface area contributed by atoms with Gasteiger partial charge in [-0.1, -0.05) is 0 Å². The number of nitrogens with one attached hydrogen (secondary N) is 1. The van der Waals surface area contributed by atoms with Crippen LogP contribution in [0.5, 0.6) is 0 Å².